The number of nitrogens with one attached hydrogen (secondary N) is 1. The molecule has 29 heavy (non-hydrogen) atoms. The maximum Gasteiger partial charge on any atom is 0.246 e. The van der Waals surface area contributed by atoms with E-state index in [4.69, 9.17) is 21.1 Å². The zero-order valence-electron chi connectivity index (χ0n) is 15.5. The third-order valence-corrected chi connectivity index (χ3v) is 5.43. The second-order valence-electron chi connectivity index (χ2n) is 6.99. The van der Waals surface area contributed by atoms with Gasteiger partial charge in [0.2, 0.25) is 12.7 Å². The number of nitrogens with zero attached hydrogens (tertiary/aromatic N) is 2. The van der Waals surface area contributed by atoms with Crippen molar-refractivity contribution >= 4 is 23.6 Å². The van der Waals surface area contributed by atoms with Gasteiger partial charge in [-0.3, -0.25) is 9.89 Å². The molecule has 0 unspecified atom stereocenters. The molecule has 1 N–H and O–H groups in total. The van der Waals surface area contributed by atoms with Gasteiger partial charge in [0.05, 0.1) is 5.69 Å². The van der Waals surface area contributed by atoms with Crippen LogP contribution in [0.3, 0.4) is 0 Å². The van der Waals surface area contributed by atoms with Crippen molar-refractivity contribution in [1.29, 1.82) is 0 Å². The van der Waals surface area contributed by atoms with Crippen LogP contribution in [-0.4, -0.2) is 34.3 Å². The number of amides is 1. The predicted octanol–water partition coefficient (Wildman–Crippen LogP) is 4.06. The van der Waals surface area contributed by atoms with Gasteiger partial charge in [-0.2, -0.15) is 5.10 Å². The zero-order valence-corrected chi connectivity index (χ0v) is 16.3. The van der Waals surface area contributed by atoms with Crippen LogP contribution in [0.2, 0.25) is 5.02 Å². The van der Waals surface area contributed by atoms with E-state index in [0.717, 1.165) is 40.2 Å². The molecule has 0 saturated heterocycles. The molecule has 1 aromatic heterocycles. The summed E-state index contributed by atoms with van der Waals surface area (Å²) < 4.78 is 10.7. The zero-order chi connectivity index (χ0) is 19.8. The molecule has 0 atom stereocenters. The van der Waals surface area contributed by atoms with Crippen molar-refractivity contribution in [2.45, 2.75) is 13.0 Å². The number of H-pyrrole nitrogens is 1. The normalized spacial score (nSPS) is 15.0. The highest BCUT2D eigenvalue weighted by Crippen LogP contribution is 2.33. The summed E-state index contributed by atoms with van der Waals surface area (Å²) in [6.07, 6.45) is 4.15. The Morgan fingerprint density at radius 3 is 2.83 bits per heavy atom. The largest absolute Gasteiger partial charge is 0.454 e. The van der Waals surface area contributed by atoms with Gasteiger partial charge in [0.25, 0.3) is 0 Å². The summed E-state index contributed by atoms with van der Waals surface area (Å²) in [4.78, 5) is 14.6. The summed E-state index contributed by atoms with van der Waals surface area (Å²) in [5, 5.41) is 8.27. The number of hydrogen-bond acceptors (Lipinski definition) is 4. The van der Waals surface area contributed by atoms with E-state index >= 15 is 0 Å². The highest BCUT2D eigenvalue weighted by atomic mass is 35.5. The molecule has 146 valence electrons. The molecule has 1 amide bonds. The van der Waals surface area contributed by atoms with Crippen LogP contribution in [0.5, 0.6) is 11.5 Å². The van der Waals surface area contributed by atoms with Gasteiger partial charge in [-0.1, -0.05) is 29.8 Å². The van der Waals surface area contributed by atoms with E-state index in [-0.39, 0.29) is 12.7 Å². The molecule has 0 fully saturated rings. The molecule has 2 aromatic carbocycles. The Balaban J connectivity index is 1.33. The number of carbonyl (C=O) groups is 1. The lowest BCUT2D eigenvalue weighted by Crippen LogP contribution is -2.34. The number of ether oxygens (including phenoxy) is 2. The Bertz CT molecular complexity index is 1100. The Hall–Kier alpha value is -3.25. The van der Waals surface area contributed by atoms with Crippen LogP contribution in [0.25, 0.3) is 17.3 Å². The van der Waals surface area contributed by atoms with Gasteiger partial charge >= 0.3 is 0 Å². The molecule has 2 aliphatic heterocycles. The smallest absolute Gasteiger partial charge is 0.246 e. The van der Waals surface area contributed by atoms with Gasteiger partial charge in [-0.25, -0.2) is 0 Å². The predicted molar refractivity (Wildman–Crippen MR) is 110 cm³/mol. The molecule has 7 heteroatoms. The topological polar surface area (TPSA) is 67.5 Å². The fraction of sp³-hybridized carbons (Fsp3) is 0.182. The number of fused-ring (bicyclic) bond motifs is 2. The second kappa shape index (κ2) is 7.29. The summed E-state index contributed by atoms with van der Waals surface area (Å²) in [6.45, 7) is 1.41. The van der Waals surface area contributed by atoms with E-state index < -0.39 is 0 Å². The lowest BCUT2D eigenvalue weighted by Gasteiger charge is -2.26. The van der Waals surface area contributed by atoms with Crippen molar-refractivity contribution in [1.82, 2.24) is 15.1 Å². The molecular formula is C22H18ClN3O3. The molecule has 0 aliphatic carbocycles. The second-order valence-corrected chi connectivity index (χ2v) is 7.43. The Labute approximate surface area is 172 Å². The van der Waals surface area contributed by atoms with E-state index in [2.05, 4.69) is 10.2 Å². The van der Waals surface area contributed by atoms with Crippen LogP contribution in [0.15, 0.2) is 48.5 Å². The average Bonchev–Trinajstić information content (AvgIpc) is 3.38. The highest BCUT2D eigenvalue weighted by Gasteiger charge is 2.24. The standard InChI is InChI=1S/C22H18ClN3O3/c23-16-5-3-15(4-6-16)22-17-12-26(10-9-18(17)24-25-22)21(27)8-2-14-1-7-19-20(11-14)29-13-28-19/h1-8,11H,9-10,12-13H2,(H,24,25)/b8-2+. The maximum atomic E-state index is 12.8. The lowest BCUT2D eigenvalue weighted by atomic mass is 10.0. The molecule has 5 rings (SSSR count). The van der Waals surface area contributed by atoms with Gasteiger partial charge in [0.15, 0.2) is 11.5 Å². The molecule has 0 bridgehead atoms. The first-order valence-corrected chi connectivity index (χ1v) is 9.74. The van der Waals surface area contributed by atoms with Crippen LogP contribution in [0.1, 0.15) is 16.8 Å². The molecule has 3 heterocycles. The van der Waals surface area contributed by atoms with E-state index in [1.807, 2.05) is 47.4 Å². The fourth-order valence-corrected chi connectivity index (χ4v) is 3.75. The number of aromatic amines is 1. The van der Waals surface area contributed by atoms with Crippen molar-refractivity contribution in [3.05, 3.63) is 70.4 Å². The molecule has 0 spiro atoms. The summed E-state index contributed by atoms with van der Waals surface area (Å²) in [5.74, 6) is 1.40. The van der Waals surface area contributed by atoms with E-state index in [9.17, 15) is 4.79 Å². The quantitative estimate of drug-likeness (QED) is 0.665. The van der Waals surface area contributed by atoms with Crippen molar-refractivity contribution in [2.24, 2.45) is 0 Å². The third kappa shape index (κ3) is 3.47. The van der Waals surface area contributed by atoms with Crippen molar-refractivity contribution in [3.8, 4) is 22.8 Å². The monoisotopic (exact) mass is 407 g/mol. The summed E-state index contributed by atoms with van der Waals surface area (Å²) in [5.41, 5.74) is 4.89. The minimum atomic E-state index is -0.0310. The fourth-order valence-electron chi connectivity index (χ4n) is 3.62. The van der Waals surface area contributed by atoms with E-state index in [1.165, 1.54) is 0 Å². The number of aromatic nitrogens is 2. The molecule has 6 nitrogen and oxygen atoms in total. The van der Waals surface area contributed by atoms with E-state index in [0.29, 0.717) is 23.9 Å². The van der Waals surface area contributed by atoms with Gasteiger partial charge in [0, 0.05) is 47.4 Å². The number of rotatable bonds is 3. The SMILES string of the molecule is O=C(/C=C/c1ccc2c(c1)OCO2)N1CCc2[nH]nc(-c3ccc(Cl)cc3)c2C1. The Morgan fingerprint density at radius 2 is 1.97 bits per heavy atom. The van der Waals surface area contributed by atoms with Crippen molar-refractivity contribution in [3.63, 3.8) is 0 Å². The number of carbonyl (C=O) groups excluding carboxylic acids is 1. The Morgan fingerprint density at radius 1 is 1.14 bits per heavy atom. The highest BCUT2D eigenvalue weighted by molar-refractivity contribution is 6.30. The molecule has 3 aromatic rings. The lowest BCUT2D eigenvalue weighted by molar-refractivity contribution is -0.126. The first-order valence-electron chi connectivity index (χ1n) is 9.36. The van der Waals surface area contributed by atoms with Crippen LogP contribution < -0.4 is 9.47 Å². The van der Waals surface area contributed by atoms with Gasteiger partial charge in [0.1, 0.15) is 0 Å². The minimum Gasteiger partial charge on any atom is -0.454 e. The first-order chi connectivity index (χ1) is 14.2. The number of halogens is 1. The summed E-state index contributed by atoms with van der Waals surface area (Å²) in [7, 11) is 0. The summed E-state index contributed by atoms with van der Waals surface area (Å²) >= 11 is 5.99. The number of hydrogen-bond donors (Lipinski definition) is 1. The molecule has 2 aliphatic rings. The first kappa shape index (κ1) is 17.8. The van der Waals surface area contributed by atoms with Gasteiger partial charge in [-0.05, 0) is 35.9 Å². The van der Waals surface area contributed by atoms with Crippen LogP contribution in [-0.2, 0) is 17.8 Å². The van der Waals surface area contributed by atoms with Crippen molar-refractivity contribution < 1.29 is 14.3 Å². The molecule has 0 radical (unpaired) electrons. The van der Waals surface area contributed by atoms with Gasteiger partial charge in [-0.15, -0.1) is 0 Å². The van der Waals surface area contributed by atoms with Gasteiger partial charge < -0.3 is 14.4 Å². The Kier molecular flexibility index (Phi) is 4.48. The van der Waals surface area contributed by atoms with Crippen LogP contribution in [0, 0.1) is 0 Å². The minimum absolute atomic E-state index is 0.0310. The summed E-state index contributed by atoms with van der Waals surface area (Å²) in [6, 6.07) is 13.2. The van der Waals surface area contributed by atoms with Crippen molar-refractivity contribution in [2.75, 3.05) is 13.3 Å². The molecular weight excluding hydrogens is 390 g/mol. The third-order valence-electron chi connectivity index (χ3n) is 5.18. The average molecular weight is 408 g/mol. The van der Waals surface area contributed by atoms with Crippen LogP contribution >= 0.6 is 11.6 Å². The molecule has 0 saturated carbocycles. The van der Waals surface area contributed by atoms with Crippen LogP contribution in [0.4, 0.5) is 0 Å². The van der Waals surface area contributed by atoms with E-state index in [1.54, 1.807) is 12.2 Å². The number of benzene rings is 2. The maximum absolute atomic E-state index is 12.8.